The summed E-state index contributed by atoms with van der Waals surface area (Å²) in [4.78, 5) is 25.0. The van der Waals surface area contributed by atoms with E-state index in [1.54, 1.807) is 0 Å². The molecule has 3 atom stereocenters. The summed E-state index contributed by atoms with van der Waals surface area (Å²) >= 11 is 0. The van der Waals surface area contributed by atoms with Crippen LogP contribution in [0.15, 0.2) is 0 Å². The summed E-state index contributed by atoms with van der Waals surface area (Å²) in [6.45, 7) is 5.99. The molecule has 2 N–H and O–H groups in total. The molecular formula is C13H24N2O3. The minimum atomic E-state index is -0.954. The molecule has 1 heterocycles. The van der Waals surface area contributed by atoms with Crippen LogP contribution >= 0.6 is 0 Å². The minimum Gasteiger partial charge on any atom is -0.480 e. The average molecular weight is 256 g/mol. The fraction of sp³-hybridized carbons (Fsp3) is 0.846. The molecule has 2 amide bonds. The van der Waals surface area contributed by atoms with E-state index in [1.807, 2.05) is 18.7 Å². The maximum Gasteiger partial charge on any atom is 0.326 e. The number of likely N-dealkylation sites (tertiary alicyclic amines) is 1. The highest BCUT2D eigenvalue weighted by molar-refractivity contribution is 5.83. The highest BCUT2D eigenvalue weighted by Gasteiger charge is 2.34. The maximum atomic E-state index is 12.2. The van der Waals surface area contributed by atoms with Crippen LogP contribution < -0.4 is 5.32 Å². The zero-order chi connectivity index (χ0) is 13.7. The van der Waals surface area contributed by atoms with Gasteiger partial charge < -0.3 is 15.3 Å². The lowest BCUT2D eigenvalue weighted by atomic mass is 10.1. The first-order valence-electron chi connectivity index (χ1n) is 6.82. The number of carboxylic acid groups (broad SMARTS) is 1. The van der Waals surface area contributed by atoms with Gasteiger partial charge in [-0.15, -0.1) is 0 Å². The van der Waals surface area contributed by atoms with Crippen molar-refractivity contribution in [2.45, 2.75) is 71.0 Å². The standard InChI is InChI=1S/C13H24N2O3/c1-4-6-11(12(16)17)14-13(18)15-9(3)7-8-10(15)5-2/h9-11H,4-8H2,1-3H3,(H,14,18)(H,16,17)/t9?,10?,11-/m1/s1. The molecule has 5 nitrogen and oxygen atoms in total. The lowest BCUT2D eigenvalue weighted by Gasteiger charge is -2.29. The number of aliphatic carboxylic acids is 1. The molecule has 104 valence electrons. The molecule has 0 radical (unpaired) electrons. The van der Waals surface area contributed by atoms with E-state index < -0.39 is 12.0 Å². The number of carbonyl (C=O) groups excluding carboxylic acids is 1. The predicted octanol–water partition coefficient (Wildman–Crippen LogP) is 2.21. The number of carboxylic acids is 1. The first-order valence-corrected chi connectivity index (χ1v) is 6.82. The molecule has 0 spiro atoms. The van der Waals surface area contributed by atoms with Gasteiger partial charge >= 0.3 is 12.0 Å². The second-order valence-corrected chi connectivity index (χ2v) is 5.02. The van der Waals surface area contributed by atoms with Crippen LogP contribution in [0.2, 0.25) is 0 Å². The van der Waals surface area contributed by atoms with Gasteiger partial charge in [0.2, 0.25) is 0 Å². The third kappa shape index (κ3) is 3.37. The van der Waals surface area contributed by atoms with Gasteiger partial charge in [-0.2, -0.15) is 0 Å². The average Bonchev–Trinajstić information content (AvgIpc) is 2.69. The summed E-state index contributed by atoms with van der Waals surface area (Å²) in [5.41, 5.74) is 0. The van der Waals surface area contributed by atoms with E-state index in [0.717, 1.165) is 25.7 Å². The summed E-state index contributed by atoms with van der Waals surface area (Å²) in [5.74, 6) is -0.954. The predicted molar refractivity (Wildman–Crippen MR) is 69.5 cm³/mol. The smallest absolute Gasteiger partial charge is 0.326 e. The monoisotopic (exact) mass is 256 g/mol. The van der Waals surface area contributed by atoms with Crippen molar-refractivity contribution in [1.29, 1.82) is 0 Å². The van der Waals surface area contributed by atoms with Crippen LogP contribution in [-0.2, 0) is 4.79 Å². The fourth-order valence-electron chi connectivity index (χ4n) is 2.61. The number of amides is 2. The molecule has 0 aromatic carbocycles. The molecule has 1 rings (SSSR count). The molecule has 2 unspecified atom stereocenters. The van der Waals surface area contributed by atoms with Crippen molar-refractivity contribution in [2.75, 3.05) is 0 Å². The Labute approximate surface area is 109 Å². The first-order chi connectivity index (χ1) is 8.51. The maximum absolute atomic E-state index is 12.2. The van der Waals surface area contributed by atoms with Gasteiger partial charge in [0, 0.05) is 12.1 Å². The lowest BCUT2D eigenvalue weighted by Crippen LogP contribution is -2.51. The summed E-state index contributed by atoms with van der Waals surface area (Å²) in [5, 5.41) is 11.7. The van der Waals surface area contributed by atoms with Gasteiger partial charge in [-0.25, -0.2) is 9.59 Å². The Hall–Kier alpha value is -1.26. The molecule has 1 saturated heterocycles. The van der Waals surface area contributed by atoms with Crippen LogP contribution in [0, 0.1) is 0 Å². The number of urea groups is 1. The van der Waals surface area contributed by atoms with Gasteiger partial charge in [-0.1, -0.05) is 20.3 Å². The third-order valence-electron chi connectivity index (χ3n) is 3.66. The van der Waals surface area contributed by atoms with Crippen LogP contribution in [0.5, 0.6) is 0 Å². The zero-order valence-corrected chi connectivity index (χ0v) is 11.5. The van der Waals surface area contributed by atoms with E-state index in [9.17, 15) is 9.59 Å². The lowest BCUT2D eigenvalue weighted by molar-refractivity contribution is -0.139. The number of carbonyl (C=O) groups is 2. The van der Waals surface area contributed by atoms with Crippen molar-refractivity contribution in [3.63, 3.8) is 0 Å². The first kappa shape index (κ1) is 14.8. The Morgan fingerprint density at radius 2 is 2.06 bits per heavy atom. The van der Waals surface area contributed by atoms with Crippen molar-refractivity contribution in [3.05, 3.63) is 0 Å². The molecule has 5 heteroatoms. The van der Waals surface area contributed by atoms with Crippen LogP contribution in [0.3, 0.4) is 0 Å². The molecule has 18 heavy (non-hydrogen) atoms. The van der Waals surface area contributed by atoms with E-state index in [1.165, 1.54) is 0 Å². The van der Waals surface area contributed by atoms with Gasteiger partial charge in [0.15, 0.2) is 0 Å². The van der Waals surface area contributed by atoms with Gasteiger partial charge in [0.1, 0.15) is 6.04 Å². The van der Waals surface area contributed by atoms with E-state index in [-0.39, 0.29) is 18.1 Å². The summed E-state index contributed by atoms with van der Waals surface area (Å²) in [6.07, 6.45) is 4.14. The Bertz CT molecular complexity index is 307. The molecule has 1 fully saturated rings. The highest BCUT2D eigenvalue weighted by Crippen LogP contribution is 2.25. The molecule has 0 aromatic heterocycles. The number of hydrogen-bond acceptors (Lipinski definition) is 2. The fourth-order valence-corrected chi connectivity index (χ4v) is 2.61. The van der Waals surface area contributed by atoms with Gasteiger partial charge in [0.05, 0.1) is 0 Å². The summed E-state index contributed by atoms with van der Waals surface area (Å²) in [7, 11) is 0. The second kappa shape index (κ2) is 6.61. The Balaban J connectivity index is 2.65. The van der Waals surface area contributed by atoms with Crippen molar-refractivity contribution < 1.29 is 14.7 Å². The number of nitrogens with zero attached hydrogens (tertiary/aromatic N) is 1. The van der Waals surface area contributed by atoms with Crippen LogP contribution in [0.25, 0.3) is 0 Å². The highest BCUT2D eigenvalue weighted by atomic mass is 16.4. The Kier molecular flexibility index (Phi) is 5.44. The minimum absolute atomic E-state index is 0.200. The summed E-state index contributed by atoms with van der Waals surface area (Å²) < 4.78 is 0. The number of rotatable bonds is 5. The molecule has 0 aromatic rings. The van der Waals surface area contributed by atoms with Crippen molar-refractivity contribution >= 4 is 12.0 Å². The second-order valence-electron chi connectivity index (χ2n) is 5.02. The quantitative estimate of drug-likeness (QED) is 0.792. The van der Waals surface area contributed by atoms with Crippen LogP contribution in [0.4, 0.5) is 4.79 Å². The molecule has 0 aliphatic carbocycles. The zero-order valence-electron chi connectivity index (χ0n) is 11.5. The molecule has 1 aliphatic rings. The molecule has 0 bridgehead atoms. The number of nitrogens with one attached hydrogen (secondary N) is 1. The van der Waals surface area contributed by atoms with Crippen molar-refractivity contribution in [3.8, 4) is 0 Å². The van der Waals surface area contributed by atoms with Crippen molar-refractivity contribution in [2.24, 2.45) is 0 Å². The van der Waals surface area contributed by atoms with Gasteiger partial charge in [-0.05, 0) is 32.6 Å². The Morgan fingerprint density at radius 1 is 1.39 bits per heavy atom. The SMILES string of the molecule is CCC[C@@H](NC(=O)N1C(C)CCC1CC)C(=O)O. The third-order valence-corrected chi connectivity index (χ3v) is 3.66. The van der Waals surface area contributed by atoms with Crippen LogP contribution in [0.1, 0.15) is 52.9 Å². The topological polar surface area (TPSA) is 69.6 Å². The van der Waals surface area contributed by atoms with Crippen molar-refractivity contribution in [1.82, 2.24) is 10.2 Å². The summed E-state index contributed by atoms with van der Waals surface area (Å²) in [6, 6.07) is -0.553. The van der Waals surface area contributed by atoms with E-state index in [0.29, 0.717) is 6.42 Å². The molecular weight excluding hydrogens is 232 g/mol. The van der Waals surface area contributed by atoms with Crippen LogP contribution in [-0.4, -0.2) is 40.1 Å². The van der Waals surface area contributed by atoms with Gasteiger partial charge in [-0.3, -0.25) is 0 Å². The van der Waals surface area contributed by atoms with E-state index in [2.05, 4.69) is 12.2 Å². The van der Waals surface area contributed by atoms with E-state index >= 15 is 0 Å². The van der Waals surface area contributed by atoms with Gasteiger partial charge in [0.25, 0.3) is 0 Å². The van der Waals surface area contributed by atoms with E-state index in [4.69, 9.17) is 5.11 Å². The molecule has 0 saturated carbocycles. The number of hydrogen-bond donors (Lipinski definition) is 2. The molecule has 1 aliphatic heterocycles. The normalized spacial score (nSPS) is 24.9. The Morgan fingerprint density at radius 3 is 2.56 bits per heavy atom. The largest absolute Gasteiger partial charge is 0.480 e.